The van der Waals surface area contributed by atoms with Gasteiger partial charge in [0.25, 0.3) is 0 Å². The van der Waals surface area contributed by atoms with Gasteiger partial charge in [-0.3, -0.25) is 4.57 Å². The smallest absolute Gasteiger partial charge is 0.302 e. The standard InChI is InChI=1S/C14H16FN5O/c1-3-12(18-19-16)13-9-17-14(20(13)4-2)21-11-7-5-10(15)6-8-11/h5-9,12H,3-4H2,1-2H3. The maximum absolute atomic E-state index is 12.9. The Bertz CT molecular complexity index is 646. The molecule has 2 aromatic rings. The van der Waals surface area contributed by atoms with Crippen LogP contribution in [0.3, 0.4) is 0 Å². The minimum Gasteiger partial charge on any atom is -0.426 e. The van der Waals surface area contributed by atoms with Crippen molar-refractivity contribution in [3.8, 4) is 11.8 Å². The number of rotatable bonds is 6. The predicted octanol–water partition coefficient (Wildman–Crippen LogP) is 4.60. The Hall–Kier alpha value is -2.53. The monoisotopic (exact) mass is 289 g/mol. The van der Waals surface area contributed by atoms with Crippen LogP contribution in [0.25, 0.3) is 10.4 Å². The number of hydrogen-bond donors (Lipinski definition) is 0. The Labute approximate surface area is 121 Å². The summed E-state index contributed by atoms with van der Waals surface area (Å²) < 4.78 is 20.4. The van der Waals surface area contributed by atoms with Crippen molar-refractivity contribution >= 4 is 0 Å². The molecule has 1 unspecified atom stereocenters. The summed E-state index contributed by atoms with van der Waals surface area (Å²) in [6.07, 6.45) is 2.32. The summed E-state index contributed by atoms with van der Waals surface area (Å²) in [6.45, 7) is 4.52. The van der Waals surface area contributed by atoms with Gasteiger partial charge in [0.15, 0.2) is 0 Å². The lowest BCUT2D eigenvalue weighted by Gasteiger charge is -2.13. The fraction of sp³-hybridized carbons (Fsp3) is 0.357. The Balaban J connectivity index is 2.30. The predicted molar refractivity (Wildman–Crippen MR) is 76.6 cm³/mol. The SMILES string of the molecule is CCC(N=[N+]=[N-])c1cnc(Oc2ccc(F)cc2)n1CC. The topological polar surface area (TPSA) is 75.8 Å². The highest BCUT2D eigenvalue weighted by molar-refractivity contribution is 5.26. The molecule has 1 aromatic heterocycles. The first kappa shape index (κ1) is 14.9. The van der Waals surface area contributed by atoms with Crippen LogP contribution in [0.5, 0.6) is 11.8 Å². The van der Waals surface area contributed by atoms with E-state index >= 15 is 0 Å². The largest absolute Gasteiger partial charge is 0.426 e. The summed E-state index contributed by atoms with van der Waals surface area (Å²) in [4.78, 5) is 7.08. The summed E-state index contributed by atoms with van der Waals surface area (Å²) in [5, 5.41) is 3.77. The molecule has 0 fully saturated rings. The zero-order valence-electron chi connectivity index (χ0n) is 11.9. The number of benzene rings is 1. The third-order valence-electron chi connectivity index (χ3n) is 3.11. The van der Waals surface area contributed by atoms with Crippen LogP contribution in [-0.2, 0) is 6.54 Å². The summed E-state index contributed by atoms with van der Waals surface area (Å²) in [6, 6.07) is 5.83. The van der Waals surface area contributed by atoms with E-state index < -0.39 is 0 Å². The highest BCUT2D eigenvalue weighted by Crippen LogP contribution is 2.28. The second kappa shape index (κ2) is 6.76. The van der Waals surface area contributed by atoms with Crippen LogP contribution >= 0.6 is 0 Å². The van der Waals surface area contributed by atoms with Gasteiger partial charge in [-0.2, -0.15) is 0 Å². The van der Waals surface area contributed by atoms with E-state index in [1.807, 2.05) is 18.4 Å². The number of halogens is 1. The van der Waals surface area contributed by atoms with Crippen molar-refractivity contribution in [2.24, 2.45) is 5.11 Å². The van der Waals surface area contributed by atoms with Crippen molar-refractivity contribution in [1.29, 1.82) is 0 Å². The number of nitrogens with zero attached hydrogens (tertiary/aromatic N) is 5. The van der Waals surface area contributed by atoms with E-state index in [1.165, 1.54) is 24.3 Å². The summed E-state index contributed by atoms with van der Waals surface area (Å²) in [5.41, 5.74) is 9.42. The third-order valence-corrected chi connectivity index (χ3v) is 3.11. The van der Waals surface area contributed by atoms with Crippen LogP contribution in [0.15, 0.2) is 35.6 Å². The van der Waals surface area contributed by atoms with E-state index in [4.69, 9.17) is 10.3 Å². The first-order valence-corrected chi connectivity index (χ1v) is 6.72. The molecule has 0 aliphatic heterocycles. The lowest BCUT2D eigenvalue weighted by Crippen LogP contribution is -2.06. The first-order chi connectivity index (χ1) is 10.2. The summed E-state index contributed by atoms with van der Waals surface area (Å²) in [7, 11) is 0. The van der Waals surface area contributed by atoms with Gasteiger partial charge in [-0.1, -0.05) is 12.0 Å². The van der Waals surface area contributed by atoms with Gasteiger partial charge in [0.1, 0.15) is 11.6 Å². The molecule has 2 rings (SSSR count). The molecule has 0 bridgehead atoms. The molecule has 0 amide bonds. The molecule has 0 aliphatic rings. The molecular weight excluding hydrogens is 273 g/mol. The third kappa shape index (κ3) is 3.32. The van der Waals surface area contributed by atoms with Crippen LogP contribution in [0.1, 0.15) is 32.0 Å². The fourth-order valence-corrected chi connectivity index (χ4v) is 2.06. The van der Waals surface area contributed by atoms with Gasteiger partial charge >= 0.3 is 6.01 Å². The molecule has 0 spiro atoms. The number of imidazole rings is 1. The Morgan fingerprint density at radius 1 is 1.38 bits per heavy atom. The Kier molecular flexibility index (Phi) is 4.79. The van der Waals surface area contributed by atoms with E-state index in [0.717, 1.165) is 5.69 Å². The molecule has 0 N–H and O–H groups in total. The molecule has 0 saturated heterocycles. The van der Waals surface area contributed by atoms with Crippen molar-refractivity contribution < 1.29 is 9.13 Å². The normalized spacial score (nSPS) is 11.8. The van der Waals surface area contributed by atoms with E-state index in [1.54, 1.807) is 6.20 Å². The van der Waals surface area contributed by atoms with Crippen molar-refractivity contribution in [1.82, 2.24) is 9.55 Å². The number of aromatic nitrogens is 2. The first-order valence-electron chi connectivity index (χ1n) is 6.72. The van der Waals surface area contributed by atoms with Gasteiger partial charge in [0, 0.05) is 17.2 Å². The Morgan fingerprint density at radius 2 is 2.10 bits per heavy atom. The van der Waals surface area contributed by atoms with Crippen molar-refractivity contribution in [2.45, 2.75) is 32.9 Å². The summed E-state index contributed by atoms with van der Waals surface area (Å²) >= 11 is 0. The average Bonchev–Trinajstić information content (AvgIpc) is 2.89. The molecule has 1 heterocycles. The Morgan fingerprint density at radius 3 is 2.67 bits per heavy atom. The molecule has 1 aromatic carbocycles. The maximum Gasteiger partial charge on any atom is 0.302 e. The average molecular weight is 289 g/mol. The van der Waals surface area contributed by atoms with Crippen LogP contribution in [-0.4, -0.2) is 9.55 Å². The number of ether oxygens (including phenoxy) is 1. The quantitative estimate of drug-likeness (QED) is 0.443. The molecule has 0 radical (unpaired) electrons. The number of azide groups is 1. The van der Waals surface area contributed by atoms with Crippen molar-refractivity contribution in [2.75, 3.05) is 0 Å². The fourth-order valence-electron chi connectivity index (χ4n) is 2.06. The van der Waals surface area contributed by atoms with Gasteiger partial charge in [0.2, 0.25) is 0 Å². The summed E-state index contributed by atoms with van der Waals surface area (Å²) in [5.74, 6) is 0.177. The van der Waals surface area contributed by atoms with Crippen LogP contribution < -0.4 is 4.74 Å². The molecule has 6 nitrogen and oxygen atoms in total. The lowest BCUT2D eigenvalue weighted by molar-refractivity contribution is 0.407. The molecule has 1 atom stereocenters. The van der Waals surface area contributed by atoms with E-state index in [2.05, 4.69) is 15.0 Å². The maximum atomic E-state index is 12.9. The molecular formula is C14H16FN5O. The zero-order chi connectivity index (χ0) is 15.2. The second-order valence-corrected chi connectivity index (χ2v) is 4.39. The van der Waals surface area contributed by atoms with E-state index in [0.29, 0.717) is 24.7 Å². The molecule has 7 heteroatoms. The molecule has 110 valence electrons. The molecule has 21 heavy (non-hydrogen) atoms. The highest BCUT2D eigenvalue weighted by atomic mass is 19.1. The lowest BCUT2D eigenvalue weighted by atomic mass is 10.2. The van der Waals surface area contributed by atoms with E-state index in [9.17, 15) is 4.39 Å². The van der Waals surface area contributed by atoms with E-state index in [-0.39, 0.29) is 11.9 Å². The van der Waals surface area contributed by atoms with Gasteiger partial charge < -0.3 is 4.74 Å². The molecule has 0 saturated carbocycles. The van der Waals surface area contributed by atoms with Gasteiger partial charge in [-0.05, 0) is 43.1 Å². The van der Waals surface area contributed by atoms with Crippen LogP contribution in [0, 0.1) is 5.82 Å². The number of hydrogen-bond acceptors (Lipinski definition) is 3. The van der Waals surface area contributed by atoms with Gasteiger partial charge in [-0.25, -0.2) is 9.37 Å². The van der Waals surface area contributed by atoms with Gasteiger partial charge in [-0.15, -0.1) is 0 Å². The van der Waals surface area contributed by atoms with Crippen molar-refractivity contribution in [3.05, 3.63) is 52.4 Å². The molecule has 0 aliphatic carbocycles. The van der Waals surface area contributed by atoms with Crippen molar-refractivity contribution in [3.63, 3.8) is 0 Å². The zero-order valence-corrected chi connectivity index (χ0v) is 11.9. The highest BCUT2D eigenvalue weighted by Gasteiger charge is 2.17. The second-order valence-electron chi connectivity index (χ2n) is 4.39. The van der Waals surface area contributed by atoms with Crippen LogP contribution in [0.4, 0.5) is 4.39 Å². The minimum absolute atomic E-state index is 0.284. The minimum atomic E-state index is -0.323. The van der Waals surface area contributed by atoms with Crippen LogP contribution in [0.2, 0.25) is 0 Å². The van der Waals surface area contributed by atoms with Gasteiger partial charge in [0.05, 0.1) is 12.2 Å².